The standard InChI is InChI=1S/C22H24N2O2/c1-23-18-8-9-19(23)15-20(14-18)24(17-10-12-21(26-2)13-11-17)22(25)16-6-4-3-5-7-16/h3-7,10-14,18-19H,8-9,15H2,1-2H3/t18-,19+/m0/s1. The van der Waals surface area contributed by atoms with E-state index in [9.17, 15) is 4.79 Å². The average molecular weight is 348 g/mol. The number of rotatable bonds is 4. The van der Waals surface area contributed by atoms with E-state index < -0.39 is 0 Å². The van der Waals surface area contributed by atoms with Crippen LogP contribution in [0.1, 0.15) is 29.6 Å². The van der Waals surface area contributed by atoms with E-state index in [0.717, 1.165) is 23.6 Å². The lowest BCUT2D eigenvalue weighted by molar-refractivity contribution is 0.0991. The fourth-order valence-electron chi connectivity index (χ4n) is 4.04. The molecular formula is C22H24N2O2. The molecule has 4 heteroatoms. The minimum absolute atomic E-state index is 0.0194. The van der Waals surface area contributed by atoms with Gasteiger partial charge >= 0.3 is 0 Å². The van der Waals surface area contributed by atoms with E-state index >= 15 is 0 Å². The summed E-state index contributed by atoms with van der Waals surface area (Å²) in [6, 6.07) is 18.2. The molecule has 0 N–H and O–H groups in total. The lowest BCUT2D eigenvalue weighted by atomic mass is 10.0. The van der Waals surface area contributed by atoms with E-state index in [-0.39, 0.29) is 5.91 Å². The molecule has 1 amide bonds. The highest BCUT2D eigenvalue weighted by Gasteiger charge is 2.37. The van der Waals surface area contributed by atoms with E-state index in [1.807, 2.05) is 59.5 Å². The smallest absolute Gasteiger partial charge is 0.262 e. The van der Waals surface area contributed by atoms with Gasteiger partial charge in [0, 0.05) is 35.5 Å². The van der Waals surface area contributed by atoms with Crippen molar-refractivity contribution >= 4 is 11.6 Å². The molecule has 2 aromatic carbocycles. The number of hydrogen-bond acceptors (Lipinski definition) is 3. The fraction of sp³-hybridized carbons (Fsp3) is 0.318. The number of nitrogens with zero attached hydrogens (tertiary/aromatic N) is 2. The summed E-state index contributed by atoms with van der Waals surface area (Å²) in [6.07, 6.45) is 5.53. The molecule has 0 saturated carbocycles. The Balaban J connectivity index is 1.74. The second kappa shape index (κ2) is 6.96. The van der Waals surface area contributed by atoms with Crippen LogP contribution in [0, 0.1) is 0 Å². The first-order chi connectivity index (χ1) is 12.7. The van der Waals surface area contributed by atoms with Crippen LogP contribution in [0.15, 0.2) is 66.4 Å². The summed E-state index contributed by atoms with van der Waals surface area (Å²) in [6.45, 7) is 0. The molecular weight excluding hydrogens is 324 g/mol. The van der Waals surface area contributed by atoms with Gasteiger partial charge in [0.2, 0.25) is 0 Å². The van der Waals surface area contributed by atoms with E-state index in [0.29, 0.717) is 17.6 Å². The van der Waals surface area contributed by atoms with Crippen molar-refractivity contribution in [2.45, 2.75) is 31.3 Å². The van der Waals surface area contributed by atoms with Crippen LogP contribution in [0.5, 0.6) is 5.75 Å². The average Bonchev–Trinajstić information content (AvgIpc) is 2.90. The second-order valence-corrected chi connectivity index (χ2v) is 7.03. The summed E-state index contributed by atoms with van der Waals surface area (Å²) in [5.41, 5.74) is 2.69. The maximum atomic E-state index is 13.4. The zero-order chi connectivity index (χ0) is 18.1. The number of likely N-dealkylation sites (N-methyl/N-ethyl adjacent to an activating group) is 1. The third-order valence-electron chi connectivity index (χ3n) is 5.57. The van der Waals surface area contributed by atoms with Crippen molar-refractivity contribution < 1.29 is 9.53 Å². The molecule has 0 spiro atoms. The summed E-state index contributed by atoms with van der Waals surface area (Å²) in [5, 5.41) is 0. The van der Waals surface area contributed by atoms with Gasteiger partial charge in [0.25, 0.3) is 5.91 Å². The molecule has 2 aromatic rings. The molecule has 1 fully saturated rings. The van der Waals surface area contributed by atoms with E-state index in [1.165, 1.54) is 12.8 Å². The summed E-state index contributed by atoms with van der Waals surface area (Å²) < 4.78 is 5.27. The summed E-state index contributed by atoms with van der Waals surface area (Å²) in [5.74, 6) is 0.809. The summed E-state index contributed by atoms with van der Waals surface area (Å²) >= 11 is 0. The molecule has 4 nitrogen and oxygen atoms in total. The van der Waals surface area contributed by atoms with Gasteiger partial charge in [-0.1, -0.05) is 18.2 Å². The Labute approximate surface area is 154 Å². The van der Waals surface area contributed by atoms with Crippen molar-refractivity contribution in [2.75, 3.05) is 19.1 Å². The highest BCUT2D eigenvalue weighted by molar-refractivity contribution is 6.08. The van der Waals surface area contributed by atoms with Crippen LogP contribution < -0.4 is 9.64 Å². The van der Waals surface area contributed by atoms with Crippen LogP contribution in [-0.4, -0.2) is 37.0 Å². The van der Waals surface area contributed by atoms with Gasteiger partial charge in [0.05, 0.1) is 7.11 Å². The molecule has 2 atom stereocenters. The largest absolute Gasteiger partial charge is 0.497 e. The number of methoxy groups -OCH3 is 1. The van der Waals surface area contributed by atoms with Crippen LogP contribution in [-0.2, 0) is 0 Å². The van der Waals surface area contributed by atoms with Crippen molar-refractivity contribution in [3.63, 3.8) is 0 Å². The molecule has 0 aromatic heterocycles. The Bertz CT molecular complexity index is 814. The number of carbonyl (C=O) groups excluding carboxylic acids is 1. The van der Waals surface area contributed by atoms with Gasteiger partial charge in [-0.05, 0) is 62.4 Å². The van der Waals surface area contributed by atoms with Gasteiger partial charge in [-0.3, -0.25) is 14.6 Å². The van der Waals surface area contributed by atoms with Crippen LogP contribution in [0.4, 0.5) is 5.69 Å². The minimum Gasteiger partial charge on any atom is -0.497 e. The SMILES string of the molecule is COc1ccc(N(C(=O)c2ccccc2)C2=C[C@@H]3CC[C@H](C2)N3C)cc1. The number of ether oxygens (including phenoxy) is 1. The molecule has 4 rings (SSSR count). The third-order valence-corrected chi connectivity index (χ3v) is 5.57. The second-order valence-electron chi connectivity index (χ2n) is 7.03. The highest BCUT2D eigenvalue weighted by atomic mass is 16.5. The van der Waals surface area contributed by atoms with Crippen LogP contribution in [0.2, 0.25) is 0 Å². The van der Waals surface area contributed by atoms with Crippen LogP contribution >= 0.6 is 0 Å². The summed E-state index contributed by atoms with van der Waals surface area (Å²) in [7, 11) is 3.84. The molecule has 134 valence electrons. The van der Waals surface area contributed by atoms with Crippen LogP contribution in [0.25, 0.3) is 0 Å². The maximum absolute atomic E-state index is 13.4. The Hall–Kier alpha value is -2.59. The monoisotopic (exact) mass is 348 g/mol. The number of amides is 1. The molecule has 2 bridgehead atoms. The minimum atomic E-state index is 0.0194. The molecule has 0 aliphatic carbocycles. The zero-order valence-electron chi connectivity index (χ0n) is 15.3. The van der Waals surface area contributed by atoms with E-state index in [2.05, 4.69) is 18.0 Å². The van der Waals surface area contributed by atoms with Crippen molar-refractivity contribution in [1.82, 2.24) is 4.90 Å². The van der Waals surface area contributed by atoms with Gasteiger partial charge in [-0.25, -0.2) is 0 Å². The van der Waals surface area contributed by atoms with Gasteiger partial charge < -0.3 is 4.74 Å². The van der Waals surface area contributed by atoms with Crippen molar-refractivity contribution in [3.05, 3.63) is 71.9 Å². The van der Waals surface area contributed by atoms with Gasteiger partial charge in [-0.2, -0.15) is 0 Å². The lowest BCUT2D eigenvalue weighted by Gasteiger charge is -2.35. The quantitative estimate of drug-likeness (QED) is 0.834. The topological polar surface area (TPSA) is 32.8 Å². The Kier molecular flexibility index (Phi) is 4.51. The van der Waals surface area contributed by atoms with Crippen molar-refractivity contribution in [2.24, 2.45) is 0 Å². The van der Waals surface area contributed by atoms with Crippen molar-refractivity contribution in [3.8, 4) is 5.75 Å². The Morgan fingerprint density at radius 1 is 1.08 bits per heavy atom. The number of hydrogen-bond donors (Lipinski definition) is 0. The Morgan fingerprint density at radius 2 is 1.81 bits per heavy atom. The van der Waals surface area contributed by atoms with Crippen LogP contribution in [0.3, 0.4) is 0 Å². The Morgan fingerprint density at radius 3 is 2.46 bits per heavy atom. The van der Waals surface area contributed by atoms with Gasteiger partial charge in [0.1, 0.15) is 5.75 Å². The van der Waals surface area contributed by atoms with E-state index in [4.69, 9.17) is 4.74 Å². The van der Waals surface area contributed by atoms with Gasteiger partial charge in [-0.15, -0.1) is 0 Å². The first kappa shape index (κ1) is 16.9. The normalized spacial score (nSPS) is 22.0. The predicted octanol–water partition coefficient (Wildman–Crippen LogP) is 4.09. The first-order valence-corrected chi connectivity index (χ1v) is 9.13. The zero-order valence-corrected chi connectivity index (χ0v) is 15.3. The maximum Gasteiger partial charge on any atom is 0.262 e. The molecule has 0 unspecified atom stereocenters. The number of benzene rings is 2. The molecule has 2 aliphatic rings. The van der Waals surface area contributed by atoms with Gasteiger partial charge in [0.15, 0.2) is 0 Å². The highest BCUT2D eigenvalue weighted by Crippen LogP contribution is 2.37. The number of carbonyl (C=O) groups is 1. The molecule has 2 heterocycles. The molecule has 1 saturated heterocycles. The number of fused-ring (bicyclic) bond motifs is 2. The lowest BCUT2D eigenvalue weighted by Crippen LogP contribution is -2.40. The third kappa shape index (κ3) is 3.01. The fourth-order valence-corrected chi connectivity index (χ4v) is 4.04. The first-order valence-electron chi connectivity index (χ1n) is 9.13. The summed E-state index contributed by atoms with van der Waals surface area (Å²) in [4.78, 5) is 17.7. The number of anilines is 1. The van der Waals surface area contributed by atoms with Crippen molar-refractivity contribution in [1.29, 1.82) is 0 Å². The molecule has 2 aliphatic heterocycles. The molecule has 26 heavy (non-hydrogen) atoms. The van der Waals surface area contributed by atoms with E-state index in [1.54, 1.807) is 7.11 Å². The predicted molar refractivity (Wildman–Crippen MR) is 104 cm³/mol. The molecule has 0 radical (unpaired) electrons.